The Hall–Kier alpha value is -0.120. The Morgan fingerprint density at radius 1 is 1.60 bits per heavy atom. The predicted molar refractivity (Wildman–Crippen MR) is 35.3 cm³/mol. The van der Waals surface area contributed by atoms with Crippen LogP contribution in [0, 0.1) is 6.92 Å². The molecule has 1 heterocycles. The van der Waals surface area contributed by atoms with E-state index in [-0.39, 0.29) is 18.8 Å². The van der Waals surface area contributed by atoms with E-state index in [1.165, 1.54) is 0 Å². The van der Waals surface area contributed by atoms with E-state index >= 15 is 0 Å². The largest absolute Gasteiger partial charge is 0.394 e. The minimum absolute atomic E-state index is 0.253. The van der Waals surface area contributed by atoms with Crippen LogP contribution >= 0.6 is 0 Å². The lowest BCUT2D eigenvalue weighted by Gasteiger charge is -2.15. The third-order valence-electron chi connectivity index (χ3n) is 1.70. The minimum Gasteiger partial charge on any atom is -0.394 e. The predicted octanol–water partition coefficient (Wildman–Crippen LogP) is -0.402. The quantitative estimate of drug-likeness (QED) is 0.554. The Morgan fingerprint density at radius 3 is 2.70 bits per heavy atom. The lowest BCUT2D eigenvalue weighted by Crippen LogP contribution is -2.29. The molecule has 0 spiro atoms. The standard InChI is InChI=1S/C7H12O3/c1-5-2-3-7(10-5)6(9)4-8/h1,5-9H,2-4H2/t5?,6?,7-/m1/s1. The molecule has 0 aromatic rings. The van der Waals surface area contributed by atoms with E-state index in [2.05, 4.69) is 0 Å². The van der Waals surface area contributed by atoms with Crippen molar-refractivity contribution in [2.45, 2.75) is 31.2 Å². The normalized spacial score (nSPS) is 36.3. The molecule has 0 aromatic carbocycles. The Balaban J connectivity index is 2.29. The highest BCUT2D eigenvalue weighted by Gasteiger charge is 2.27. The van der Waals surface area contributed by atoms with Gasteiger partial charge in [0.25, 0.3) is 0 Å². The molecule has 0 aliphatic carbocycles. The van der Waals surface area contributed by atoms with Crippen molar-refractivity contribution in [3.8, 4) is 0 Å². The van der Waals surface area contributed by atoms with Crippen LogP contribution in [0.15, 0.2) is 0 Å². The fraction of sp³-hybridized carbons (Fsp3) is 0.857. The third-order valence-corrected chi connectivity index (χ3v) is 1.70. The van der Waals surface area contributed by atoms with E-state index in [1.807, 2.05) is 0 Å². The van der Waals surface area contributed by atoms with E-state index in [0.717, 1.165) is 12.8 Å². The Labute approximate surface area is 60.6 Å². The summed E-state index contributed by atoms with van der Waals surface area (Å²) in [6.07, 6.45) is 0.213. The highest BCUT2D eigenvalue weighted by molar-refractivity contribution is 4.79. The van der Waals surface area contributed by atoms with Crippen molar-refractivity contribution in [2.24, 2.45) is 0 Å². The number of ether oxygens (including phenoxy) is 1. The monoisotopic (exact) mass is 144 g/mol. The second-order valence-corrected chi connectivity index (χ2v) is 2.54. The first-order valence-electron chi connectivity index (χ1n) is 3.44. The molecular formula is C7H12O3. The van der Waals surface area contributed by atoms with Crippen molar-refractivity contribution in [3.05, 3.63) is 6.92 Å². The van der Waals surface area contributed by atoms with Crippen molar-refractivity contribution in [1.82, 2.24) is 0 Å². The first-order chi connectivity index (χ1) is 4.74. The fourth-order valence-corrected chi connectivity index (χ4v) is 1.09. The first kappa shape index (κ1) is 7.98. The van der Waals surface area contributed by atoms with Gasteiger partial charge >= 0.3 is 0 Å². The van der Waals surface area contributed by atoms with E-state index in [4.69, 9.17) is 21.9 Å². The van der Waals surface area contributed by atoms with Gasteiger partial charge in [0.2, 0.25) is 0 Å². The molecule has 2 unspecified atom stereocenters. The topological polar surface area (TPSA) is 49.7 Å². The highest BCUT2D eigenvalue weighted by atomic mass is 16.5. The van der Waals surface area contributed by atoms with Gasteiger partial charge in [0.05, 0.1) is 18.8 Å². The summed E-state index contributed by atoms with van der Waals surface area (Å²) < 4.78 is 5.08. The van der Waals surface area contributed by atoms with Crippen molar-refractivity contribution in [1.29, 1.82) is 0 Å². The summed E-state index contributed by atoms with van der Waals surface area (Å²) in [5.74, 6) is 0. The van der Waals surface area contributed by atoms with Gasteiger partial charge in [-0.1, -0.05) is 0 Å². The van der Waals surface area contributed by atoms with Gasteiger partial charge in [-0.25, -0.2) is 0 Å². The van der Waals surface area contributed by atoms with Crippen molar-refractivity contribution in [2.75, 3.05) is 6.61 Å². The van der Waals surface area contributed by atoms with Crippen LogP contribution < -0.4 is 0 Å². The lowest BCUT2D eigenvalue weighted by molar-refractivity contribution is -0.0435. The molecule has 2 N–H and O–H groups in total. The molecule has 10 heavy (non-hydrogen) atoms. The Morgan fingerprint density at radius 2 is 2.30 bits per heavy atom. The van der Waals surface area contributed by atoms with Crippen LogP contribution in [0.4, 0.5) is 0 Å². The van der Waals surface area contributed by atoms with Gasteiger partial charge in [-0.2, -0.15) is 0 Å². The van der Waals surface area contributed by atoms with Crippen LogP contribution in [0.5, 0.6) is 0 Å². The molecule has 0 amide bonds. The zero-order valence-corrected chi connectivity index (χ0v) is 5.73. The second kappa shape index (κ2) is 3.32. The van der Waals surface area contributed by atoms with Crippen molar-refractivity contribution in [3.63, 3.8) is 0 Å². The van der Waals surface area contributed by atoms with Crippen LogP contribution in [0.25, 0.3) is 0 Å². The summed E-state index contributed by atoms with van der Waals surface area (Å²) in [5.41, 5.74) is 0. The molecule has 1 aliphatic heterocycles. The van der Waals surface area contributed by atoms with Gasteiger partial charge in [-0.05, 0) is 19.8 Å². The summed E-state index contributed by atoms with van der Waals surface area (Å²) in [7, 11) is 0. The van der Waals surface area contributed by atoms with Crippen molar-refractivity contribution < 1.29 is 14.9 Å². The van der Waals surface area contributed by atoms with Crippen LogP contribution in [-0.2, 0) is 4.74 Å². The Bertz CT molecular complexity index is 105. The first-order valence-corrected chi connectivity index (χ1v) is 3.44. The van der Waals surface area contributed by atoms with Crippen LogP contribution in [0.1, 0.15) is 12.8 Å². The SMILES string of the molecule is [CH]C1CC[C@H](C(O)CO)O1. The number of aliphatic hydroxyl groups excluding tert-OH is 2. The molecule has 0 aromatic heterocycles. The van der Waals surface area contributed by atoms with E-state index < -0.39 is 6.10 Å². The number of hydrogen-bond donors (Lipinski definition) is 2. The highest BCUT2D eigenvalue weighted by Crippen LogP contribution is 2.20. The molecule has 2 radical (unpaired) electrons. The van der Waals surface area contributed by atoms with Crippen molar-refractivity contribution >= 4 is 0 Å². The fourth-order valence-electron chi connectivity index (χ4n) is 1.09. The average Bonchev–Trinajstić information content (AvgIpc) is 2.34. The lowest BCUT2D eigenvalue weighted by atomic mass is 10.1. The zero-order chi connectivity index (χ0) is 7.56. The minimum atomic E-state index is -0.770. The zero-order valence-electron chi connectivity index (χ0n) is 5.73. The smallest absolute Gasteiger partial charge is 0.103 e. The van der Waals surface area contributed by atoms with Gasteiger partial charge in [-0.15, -0.1) is 0 Å². The average molecular weight is 144 g/mol. The maximum Gasteiger partial charge on any atom is 0.103 e. The number of hydrogen-bond acceptors (Lipinski definition) is 3. The summed E-state index contributed by atoms with van der Waals surface area (Å²) in [4.78, 5) is 0. The van der Waals surface area contributed by atoms with Crippen LogP contribution in [0.2, 0.25) is 0 Å². The number of aliphatic hydroxyl groups is 2. The molecular weight excluding hydrogens is 132 g/mol. The van der Waals surface area contributed by atoms with E-state index in [9.17, 15) is 0 Å². The van der Waals surface area contributed by atoms with Gasteiger partial charge in [-0.3, -0.25) is 0 Å². The summed E-state index contributed by atoms with van der Waals surface area (Å²) in [5, 5.41) is 17.6. The molecule has 1 saturated heterocycles. The van der Waals surface area contributed by atoms with Gasteiger partial charge in [0, 0.05) is 0 Å². The van der Waals surface area contributed by atoms with Crippen LogP contribution in [-0.4, -0.2) is 35.1 Å². The summed E-state index contributed by atoms with van der Waals surface area (Å²) in [6.45, 7) is 5.15. The molecule has 0 saturated carbocycles. The molecule has 3 atom stereocenters. The van der Waals surface area contributed by atoms with E-state index in [1.54, 1.807) is 0 Å². The molecule has 58 valence electrons. The van der Waals surface area contributed by atoms with Gasteiger partial charge in [0.1, 0.15) is 6.10 Å². The molecule has 3 heteroatoms. The molecule has 1 fully saturated rings. The Kier molecular flexibility index (Phi) is 2.65. The molecule has 1 rings (SSSR count). The second-order valence-electron chi connectivity index (χ2n) is 2.54. The van der Waals surface area contributed by atoms with Gasteiger partial charge < -0.3 is 14.9 Å². The third kappa shape index (κ3) is 1.68. The number of rotatable bonds is 2. The van der Waals surface area contributed by atoms with Gasteiger partial charge in [0.15, 0.2) is 0 Å². The maximum absolute atomic E-state index is 9.04. The van der Waals surface area contributed by atoms with Crippen LogP contribution in [0.3, 0.4) is 0 Å². The molecule has 0 bridgehead atoms. The summed E-state index contributed by atoms with van der Waals surface area (Å²) in [6, 6.07) is 0. The molecule has 3 nitrogen and oxygen atoms in total. The van der Waals surface area contributed by atoms with E-state index in [0.29, 0.717) is 0 Å². The molecule has 1 aliphatic rings. The maximum atomic E-state index is 9.04. The summed E-state index contributed by atoms with van der Waals surface area (Å²) >= 11 is 0.